The van der Waals surface area contributed by atoms with Crippen LogP contribution in [0.4, 0.5) is 5.82 Å². The van der Waals surface area contributed by atoms with E-state index in [1.54, 1.807) is 22.9 Å². The van der Waals surface area contributed by atoms with Crippen LogP contribution in [0.2, 0.25) is 0 Å². The van der Waals surface area contributed by atoms with Gasteiger partial charge in [-0.05, 0) is 31.0 Å². The molecule has 0 saturated heterocycles. The summed E-state index contributed by atoms with van der Waals surface area (Å²) in [5.74, 6) is 1.24. The molecule has 0 unspecified atom stereocenters. The summed E-state index contributed by atoms with van der Waals surface area (Å²) in [5, 5.41) is 7.33. The van der Waals surface area contributed by atoms with Crippen LogP contribution in [0, 0.1) is 5.92 Å². The zero-order valence-electron chi connectivity index (χ0n) is 19.8. The van der Waals surface area contributed by atoms with E-state index in [0.29, 0.717) is 35.3 Å². The van der Waals surface area contributed by atoms with Crippen molar-refractivity contribution in [2.24, 2.45) is 5.92 Å². The van der Waals surface area contributed by atoms with Gasteiger partial charge in [-0.1, -0.05) is 49.7 Å². The molecule has 34 heavy (non-hydrogen) atoms. The van der Waals surface area contributed by atoms with Crippen molar-refractivity contribution in [3.63, 3.8) is 0 Å². The van der Waals surface area contributed by atoms with E-state index in [9.17, 15) is 4.79 Å². The molecule has 0 aliphatic carbocycles. The Balaban J connectivity index is 1.62. The smallest absolute Gasteiger partial charge is 0.250 e. The summed E-state index contributed by atoms with van der Waals surface area (Å²) < 4.78 is 7.30. The number of aryl methyl sites for hydroxylation is 1. The lowest BCUT2D eigenvalue weighted by atomic mass is 10.1. The number of nitrogens with zero attached hydrogens (tertiary/aromatic N) is 4. The number of nitrogens with two attached hydrogens (primary N) is 1. The minimum absolute atomic E-state index is 0.0312. The molecule has 4 rings (SSSR count). The first-order chi connectivity index (χ1) is 16.5. The summed E-state index contributed by atoms with van der Waals surface area (Å²) in [6.07, 6.45) is 5.46. The second-order valence-electron chi connectivity index (χ2n) is 8.54. The van der Waals surface area contributed by atoms with Gasteiger partial charge in [-0.2, -0.15) is 0 Å². The SMILES string of the molecule is CC[C@H](C)CCn1cc(-c2cnc(N)c(-c3cc(-c4ccc(CNC)cc4)no3)n2)ccc1=O. The number of aromatic nitrogens is 4. The molecule has 3 heterocycles. The number of nitrogens with one attached hydrogen (secondary N) is 1. The second-order valence-corrected chi connectivity index (χ2v) is 8.54. The van der Waals surface area contributed by atoms with Gasteiger partial charge >= 0.3 is 0 Å². The van der Waals surface area contributed by atoms with Crippen LogP contribution < -0.4 is 16.6 Å². The number of hydrogen-bond acceptors (Lipinski definition) is 7. The summed E-state index contributed by atoms with van der Waals surface area (Å²) in [4.78, 5) is 21.3. The Morgan fingerprint density at radius 1 is 1.12 bits per heavy atom. The molecule has 1 aromatic carbocycles. The van der Waals surface area contributed by atoms with E-state index in [-0.39, 0.29) is 11.4 Å². The van der Waals surface area contributed by atoms with Crippen LogP contribution in [-0.2, 0) is 13.1 Å². The summed E-state index contributed by atoms with van der Waals surface area (Å²) >= 11 is 0. The highest BCUT2D eigenvalue weighted by molar-refractivity contribution is 5.72. The van der Waals surface area contributed by atoms with E-state index in [0.717, 1.165) is 30.5 Å². The minimum Gasteiger partial charge on any atom is -0.382 e. The van der Waals surface area contributed by atoms with Crippen LogP contribution in [0.3, 0.4) is 0 Å². The zero-order valence-corrected chi connectivity index (χ0v) is 19.8. The molecular formula is C26H30N6O2. The van der Waals surface area contributed by atoms with Crippen molar-refractivity contribution < 1.29 is 4.52 Å². The molecule has 176 valence electrons. The Hall–Kier alpha value is -3.78. The van der Waals surface area contributed by atoms with Gasteiger partial charge < -0.3 is 20.1 Å². The summed E-state index contributed by atoms with van der Waals surface area (Å²) in [7, 11) is 1.92. The molecule has 4 aromatic rings. The fourth-order valence-electron chi connectivity index (χ4n) is 3.66. The zero-order chi connectivity index (χ0) is 24.1. The van der Waals surface area contributed by atoms with Gasteiger partial charge in [-0.15, -0.1) is 0 Å². The van der Waals surface area contributed by atoms with Crippen LogP contribution in [0.15, 0.2) is 64.2 Å². The lowest BCUT2D eigenvalue weighted by Gasteiger charge is -2.12. The van der Waals surface area contributed by atoms with Gasteiger partial charge in [-0.25, -0.2) is 9.97 Å². The number of benzene rings is 1. The average molecular weight is 459 g/mol. The van der Waals surface area contributed by atoms with Crippen LogP contribution in [0.1, 0.15) is 32.3 Å². The van der Waals surface area contributed by atoms with Crippen molar-refractivity contribution in [3.8, 4) is 34.0 Å². The van der Waals surface area contributed by atoms with Crippen LogP contribution >= 0.6 is 0 Å². The maximum Gasteiger partial charge on any atom is 0.250 e. The molecule has 0 bridgehead atoms. The molecule has 3 N–H and O–H groups in total. The Kier molecular flexibility index (Phi) is 7.18. The van der Waals surface area contributed by atoms with Crippen molar-refractivity contribution in [1.82, 2.24) is 25.0 Å². The number of anilines is 1. The van der Waals surface area contributed by atoms with Gasteiger partial charge in [-0.3, -0.25) is 4.79 Å². The molecule has 0 aliphatic rings. The maximum absolute atomic E-state index is 12.3. The fraction of sp³-hybridized carbons (Fsp3) is 0.308. The molecule has 0 fully saturated rings. The third kappa shape index (κ3) is 5.23. The third-order valence-corrected chi connectivity index (χ3v) is 6.01. The predicted octanol–water partition coefficient (Wildman–Crippen LogP) is 4.37. The Morgan fingerprint density at radius 3 is 2.62 bits per heavy atom. The quantitative estimate of drug-likeness (QED) is 0.383. The summed E-state index contributed by atoms with van der Waals surface area (Å²) in [6.45, 7) is 5.81. The maximum atomic E-state index is 12.3. The Labute approximate surface area is 198 Å². The number of nitrogen functional groups attached to an aromatic ring is 1. The molecule has 8 heteroatoms. The van der Waals surface area contributed by atoms with Crippen molar-refractivity contribution in [2.75, 3.05) is 12.8 Å². The van der Waals surface area contributed by atoms with Crippen molar-refractivity contribution >= 4 is 5.82 Å². The molecule has 3 aromatic heterocycles. The van der Waals surface area contributed by atoms with Gasteiger partial charge in [0.1, 0.15) is 5.69 Å². The van der Waals surface area contributed by atoms with E-state index in [2.05, 4.69) is 29.3 Å². The van der Waals surface area contributed by atoms with E-state index >= 15 is 0 Å². The second kappa shape index (κ2) is 10.4. The van der Waals surface area contributed by atoms with Gasteiger partial charge in [0.2, 0.25) is 0 Å². The molecule has 0 radical (unpaired) electrons. The van der Waals surface area contributed by atoms with E-state index < -0.39 is 0 Å². The lowest BCUT2D eigenvalue weighted by Crippen LogP contribution is -2.19. The summed E-state index contributed by atoms with van der Waals surface area (Å²) in [6, 6.07) is 13.2. The predicted molar refractivity (Wildman–Crippen MR) is 134 cm³/mol. The van der Waals surface area contributed by atoms with Crippen LogP contribution in [0.25, 0.3) is 34.0 Å². The van der Waals surface area contributed by atoms with Crippen LogP contribution in [0.5, 0.6) is 0 Å². The Bertz CT molecular complexity index is 1310. The van der Waals surface area contributed by atoms with E-state index in [1.807, 2.05) is 43.6 Å². The molecule has 0 saturated carbocycles. The van der Waals surface area contributed by atoms with Crippen molar-refractivity contribution in [1.29, 1.82) is 0 Å². The van der Waals surface area contributed by atoms with Gasteiger partial charge in [0.15, 0.2) is 17.3 Å². The Morgan fingerprint density at radius 2 is 1.88 bits per heavy atom. The molecule has 0 spiro atoms. The highest BCUT2D eigenvalue weighted by atomic mass is 16.5. The van der Waals surface area contributed by atoms with Gasteiger partial charge in [0.25, 0.3) is 5.56 Å². The number of hydrogen-bond donors (Lipinski definition) is 2. The lowest BCUT2D eigenvalue weighted by molar-refractivity contribution is 0.434. The number of pyridine rings is 1. The first kappa shape index (κ1) is 23.4. The monoisotopic (exact) mass is 458 g/mol. The molecule has 8 nitrogen and oxygen atoms in total. The van der Waals surface area contributed by atoms with E-state index in [4.69, 9.17) is 15.2 Å². The topological polar surface area (TPSA) is 112 Å². The minimum atomic E-state index is -0.0312. The highest BCUT2D eigenvalue weighted by Gasteiger charge is 2.16. The van der Waals surface area contributed by atoms with Crippen LogP contribution in [-0.4, -0.2) is 26.7 Å². The summed E-state index contributed by atoms with van der Waals surface area (Å²) in [5.41, 5.74) is 10.7. The third-order valence-electron chi connectivity index (χ3n) is 6.01. The normalized spacial score (nSPS) is 12.1. The first-order valence-electron chi connectivity index (χ1n) is 11.5. The average Bonchev–Trinajstić information content (AvgIpc) is 3.34. The van der Waals surface area contributed by atoms with Crippen molar-refractivity contribution in [3.05, 3.63) is 70.8 Å². The molecule has 0 amide bonds. The molecule has 1 atom stereocenters. The van der Waals surface area contributed by atoms with Gasteiger partial charge in [0, 0.05) is 42.5 Å². The molecule has 0 aliphatic heterocycles. The fourth-order valence-corrected chi connectivity index (χ4v) is 3.66. The molecular weight excluding hydrogens is 428 g/mol. The van der Waals surface area contributed by atoms with Crippen molar-refractivity contribution in [2.45, 2.75) is 39.8 Å². The highest BCUT2D eigenvalue weighted by Crippen LogP contribution is 2.29. The standard InChI is InChI=1S/C26H30N6O2/c1-4-17(2)11-12-32-16-20(9-10-24(32)33)22-15-29-26(27)25(30-22)23-13-21(31-34-23)19-7-5-18(6-8-19)14-28-3/h5-10,13,15-17,28H,4,11-12,14H2,1-3H3,(H2,27,29)/t17-/m0/s1. The number of rotatable bonds is 9. The van der Waals surface area contributed by atoms with Gasteiger partial charge in [0.05, 0.1) is 11.9 Å². The van der Waals surface area contributed by atoms with E-state index in [1.165, 1.54) is 5.56 Å². The first-order valence-corrected chi connectivity index (χ1v) is 11.5. The largest absolute Gasteiger partial charge is 0.382 e.